The predicted octanol–water partition coefficient (Wildman–Crippen LogP) is 3.70. The fourth-order valence-electron chi connectivity index (χ4n) is 2.54. The average molecular weight is 414 g/mol. The van der Waals surface area contributed by atoms with E-state index in [-0.39, 0.29) is 10.9 Å². The topological polar surface area (TPSA) is 88.1 Å². The lowest BCUT2D eigenvalue weighted by Gasteiger charge is -2.10. The van der Waals surface area contributed by atoms with Crippen molar-refractivity contribution in [1.29, 1.82) is 0 Å². The molecule has 0 heterocycles. The molecule has 3 rings (SSSR count). The van der Waals surface area contributed by atoms with E-state index < -0.39 is 6.16 Å². The molecule has 0 amide bonds. The van der Waals surface area contributed by atoms with Crippen LogP contribution in [0, 0.1) is 0 Å². The van der Waals surface area contributed by atoms with Crippen LogP contribution in [0.15, 0.2) is 87.5 Å². The molecule has 0 aromatic heterocycles. The minimum atomic E-state index is -2.08. The monoisotopic (exact) mass is 414 g/mol. The third kappa shape index (κ3) is 6.36. The highest BCUT2D eigenvalue weighted by molar-refractivity contribution is 7.97. The predicted molar refractivity (Wildman–Crippen MR) is 109 cm³/mol. The van der Waals surface area contributed by atoms with Crippen molar-refractivity contribution >= 4 is 17.1 Å². The van der Waals surface area contributed by atoms with Gasteiger partial charge in [0.2, 0.25) is 6.16 Å². The van der Waals surface area contributed by atoms with E-state index in [1.807, 2.05) is 36.4 Å². The Bertz CT molecular complexity index is 775. The fourth-order valence-corrected chi connectivity index (χ4v) is 4.58. The summed E-state index contributed by atoms with van der Waals surface area (Å²) in [5.74, 6) is 2.57. The van der Waals surface area contributed by atoms with Crippen molar-refractivity contribution in [2.45, 2.75) is 14.7 Å². The SMILES string of the molecule is COc1ccc([S+](c2ccc(OC)cc2)c2ccc(OC)cc2)cc1.O=C([O-])O. The summed E-state index contributed by atoms with van der Waals surface area (Å²) in [6, 6.07) is 24.7. The number of ether oxygens (including phenoxy) is 3. The smallest absolute Gasteiger partial charge is 0.249 e. The zero-order valence-electron chi connectivity index (χ0n) is 16.3. The van der Waals surface area contributed by atoms with Crippen molar-refractivity contribution in [2.75, 3.05) is 21.3 Å². The number of hydrogen-bond acceptors (Lipinski definition) is 5. The second-order valence-corrected chi connectivity index (χ2v) is 7.63. The van der Waals surface area contributed by atoms with Gasteiger partial charge >= 0.3 is 0 Å². The van der Waals surface area contributed by atoms with Gasteiger partial charge in [0.15, 0.2) is 14.7 Å². The number of methoxy groups -OCH3 is 3. The van der Waals surface area contributed by atoms with E-state index in [2.05, 4.69) is 36.4 Å². The van der Waals surface area contributed by atoms with Crippen LogP contribution in [0.1, 0.15) is 0 Å². The van der Waals surface area contributed by atoms with Crippen molar-refractivity contribution in [2.24, 2.45) is 0 Å². The van der Waals surface area contributed by atoms with Crippen LogP contribution in [0.4, 0.5) is 4.79 Å². The Morgan fingerprint density at radius 1 is 0.655 bits per heavy atom. The average Bonchev–Trinajstić information content (AvgIpc) is 2.75. The lowest BCUT2D eigenvalue weighted by atomic mass is 10.3. The van der Waals surface area contributed by atoms with Crippen LogP contribution < -0.4 is 19.3 Å². The second-order valence-electron chi connectivity index (χ2n) is 5.60. The zero-order chi connectivity index (χ0) is 21.2. The molecule has 0 unspecified atom stereocenters. The summed E-state index contributed by atoms with van der Waals surface area (Å²) >= 11 is 0. The number of hydrogen-bond donors (Lipinski definition) is 1. The molecule has 0 saturated heterocycles. The van der Waals surface area contributed by atoms with Gasteiger partial charge in [0.1, 0.15) is 17.2 Å². The Hall–Kier alpha value is -3.32. The summed E-state index contributed by atoms with van der Waals surface area (Å²) in [4.78, 5) is 12.1. The van der Waals surface area contributed by atoms with Crippen LogP contribution in [0.5, 0.6) is 17.2 Å². The van der Waals surface area contributed by atoms with Crippen molar-refractivity contribution in [3.8, 4) is 17.2 Å². The summed E-state index contributed by atoms with van der Waals surface area (Å²) in [6.45, 7) is 0. The Morgan fingerprint density at radius 2 is 0.862 bits per heavy atom. The number of rotatable bonds is 6. The van der Waals surface area contributed by atoms with Gasteiger partial charge in [0, 0.05) is 0 Å². The third-order valence-corrected chi connectivity index (χ3v) is 6.12. The highest BCUT2D eigenvalue weighted by Crippen LogP contribution is 2.33. The van der Waals surface area contributed by atoms with Crippen molar-refractivity contribution in [3.63, 3.8) is 0 Å². The molecule has 0 aliphatic carbocycles. The largest absolute Gasteiger partial charge is 0.565 e. The molecule has 29 heavy (non-hydrogen) atoms. The maximum Gasteiger partial charge on any atom is 0.249 e. The quantitative estimate of drug-likeness (QED) is 0.619. The number of carbonyl (C=O) groups is 1. The first kappa shape index (κ1) is 22.0. The molecule has 3 aromatic rings. The molecule has 152 valence electrons. The molecule has 0 radical (unpaired) electrons. The summed E-state index contributed by atoms with van der Waals surface area (Å²) in [6.07, 6.45) is -2.08. The lowest BCUT2D eigenvalue weighted by molar-refractivity contribution is -0.275. The van der Waals surface area contributed by atoms with E-state index >= 15 is 0 Å². The maximum atomic E-state index is 8.44. The van der Waals surface area contributed by atoms with Crippen LogP contribution in [0.2, 0.25) is 0 Å². The van der Waals surface area contributed by atoms with Gasteiger partial charge in [-0.3, -0.25) is 0 Å². The molecule has 7 heteroatoms. The molecule has 0 aliphatic rings. The molecule has 0 saturated carbocycles. The van der Waals surface area contributed by atoms with Crippen LogP contribution in [-0.2, 0) is 10.9 Å². The molecule has 0 bridgehead atoms. The van der Waals surface area contributed by atoms with Gasteiger partial charge in [0.05, 0.1) is 32.2 Å². The Labute approximate surface area is 172 Å². The van der Waals surface area contributed by atoms with Gasteiger partial charge in [-0.15, -0.1) is 0 Å². The van der Waals surface area contributed by atoms with Gasteiger partial charge in [-0.25, -0.2) is 0 Å². The van der Waals surface area contributed by atoms with Crippen LogP contribution in [0.3, 0.4) is 0 Å². The molecule has 0 atom stereocenters. The first-order valence-electron chi connectivity index (χ1n) is 8.55. The van der Waals surface area contributed by atoms with Gasteiger partial charge in [0.25, 0.3) is 0 Å². The minimum absolute atomic E-state index is 0.212. The molecule has 0 fully saturated rings. The van der Waals surface area contributed by atoms with E-state index in [1.165, 1.54) is 14.7 Å². The van der Waals surface area contributed by atoms with E-state index in [1.54, 1.807) is 21.3 Å². The minimum Gasteiger partial charge on any atom is -0.565 e. The second kappa shape index (κ2) is 10.9. The molecule has 6 nitrogen and oxygen atoms in total. The van der Waals surface area contributed by atoms with Gasteiger partial charge in [-0.05, 0) is 72.8 Å². The molecule has 0 spiro atoms. The van der Waals surface area contributed by atoms with Crippen LogP contribution in [0.25, 0.3) is 0 Å². The van der Waals surface area contributed by atoms with Crippen LogP contribution >= 0.6 is 0 Å². The fraction of sp³-hybridized carbons (Fsp3) is 0.136. The van der Waals surface area contributed by atoms with E-state index in [0.29, 0.717) is 0 Å². The molecule has 3 aromatic carbocycles. The summed E-state index contributed by atoms with van der Waals surface area (Å²) in [5.41, 5.74) is 0. The van der Waals surface area contributed by atoms with Crippen molar-refractivity contribution in [1.82, 2.24) is 0 Å². The highest BCUT2D eigenvalue weighted by Gasteiger charge is 2.28. The van der Waals surface area contributed by atoms with Crippen molar-refractivity contribution < 1.29 is 29.2 Å². The Morgan fingerprint density at radius 3 is 1.03 bits per heavy atom. The first-order chi connectivity index (χ1) is 14.0. The lowest BCUT2D eigenvalue weighted by Crippen LogP contribution is -2.17. The Kier molecular flexibility index (Phi) is 8.24. The third-order valence-electron chi connectivity index (χ3n) is 3.89. The molecular formula is C22H22O6S. The van der Waals surface area contributed by atoms with E-state index in [0.717, 1.165) is 17.2 Å². The van der Waals surface area contributed by atoms with Gasteiger partial charge in [-0.1, -0.05) is 0 Å². The summed E-state index contributed by atoms with van der Waals surface area (Å²) in [7, 11) is 4.83. The zero-order valence-corrected chi connectivity index (χ0v) is 17.1. The molecular weight excluding hydrogens is 392 g/mol. The van der Waals surface area contributed by atoms with Crippen molar-refractivity contribution in [3.05, 3.63) is 72.8 Å². The Balaban J connectivity index is 0.000000687. The van der Waals surface area contributed by atoms with E-state index in [9.17, 15) is 0 Å². The van der Waals surface area contributed by atoms with Gasteiger partial charge in [-0.2, -0.15) is 0 Å². The normalized spacial score (nSPS) is 9.93. The molecule has 0 aliphatic heterocycles. The summed E-state index contributed by atoms with van der Waals surface area (Å²) < 4.78 is 15.9. The standard InChI is InChI=1S/C21H21O3S.CH2O3/c1-22-16-4-10-19(11-5-16)25(20-12-6-17(23-2)7-13-20)21-14-8-18(24-3)9-15-21;2-1(3)4/h4-15H,1-3H3;(H2,2,3,4)/q+1;/p-1. The number of carboxylic acid groups (broad SMARTS) is 2. The van der Waals surface area contributed by atoms with E-state index in [4.69, 9.17) is 29.2 Å². The molecule has 1 N–H and O–H groups in total. The maximum absolute atomic E-state index is 8.44. The highest BCUT2D eigenvalue weighted by atomic mass is 32.2. The summed E-state index contributed by atoms with van der Waals surface area (Å²) in [5, 5.41) is 15.3. The number of benzene rings is 3. The first-order valence-corrected chi connectivity index (χ1v) is 9.77. The van der Waals surface area contributed by atoms with Crippen LogP contribution in [-0.4, -0.2) is 32.6 Å². The van der Waals surface area contributed by atoms with Gasteiger partial charge < -0.3 is 29.2 Å².